The van der Waals surface area contributed by atoms with Crippen molar-refractivity contribution in [2.24, 2.45) is 10.9 Å². The van der Waals surface area contributed by atoms with E-state index < -0.39 is 0 Å². The van der Waals surface area contributed by atoms with E-state index in [1.54, 1.807) is 0 Å². The predicted molar refractivity (Wildman–Crippen MR) is 60.9 cm³/mol. The van der Waals surface area contributed by atoms with Crippen molar-refractivity contribution in [2.45, 2.75) is 26.4 Å². The van der Waals surface area contributed by atoms with Crippen LogP contribution in [0.1, 0.15) is 18.1 Å². The maximum absolute atomic E-state index is 8.47. The summed E-state index contributed by atoms with van der Waals surface area (Å²) in [6.07, 6.45) is 0. The first-order valence-corrected chi connectivity index (χ1v) is 4.90. The lowest BCUT2D eigenvalue weighted by atomic mass is 10.1. The largest absolute Gasteiger partial charge is 0.409 e. The van der Waals surface area contributed by atoms with Crippen LogP contribution in [-0.4, -0.2) is 17.1 Å². The second-order valence-electron chi connectivity index (χ2n) is 3.62. The normalized spacial score (nSPS) is 13.9. The molecule has 0 aliphatic carbocycles. The van der Waals surface area contributed by atoms with Gasteiger partial charge in [-0.05, 0) is 19.4 Å². The van der Waals surface area contributed by atoms with Gasteiger partial charge in [-0.1, -0.05) is 35.0 Å². The number of benzene rings is 1. The van der Waals surface area contributed by atoms with Gasteiger partial charge in [-0.15, -0.1) is 0 Å². The van der Waals surface area contributed by atoms with Crippen LogP contribution in [0.3, 0.4) is 0 Å². The Kier molecular flexibility index (Phi) is 4.12. The highest BCUT2D eigenvalue weighted by Crippen LogP contribution is 2.03. The minimum absolute atomic E-state index is 0.129. The minimum Gasteiger partial charge on any atom is -0.409 e. The molecule has 0 aliphatic rings. The molecular weight excluding hydrogens is 190 g/mol. The number of rotatable bonds is 4. The van der Waals surface area contributed by atoms with E-state index in [1.165, 1.54) is 11.1 Å². The van der Waals surface area contributed by atoms with Gasteiger partial charge in [0.1, 0.15) is 0 Å². The van der Waals surface area contributed by atoms with Gasteiger partial charge in [0.2, 0.25) is 0 Å². The summed E-state index contributed by atoms with van der Waals surface area (Å²) >= 11 is 0. The zero-order valence-corrected chi connectivity index (χ0v) is 9.07. The van der Waals surface area contributed by atoms with Crippen LogP contribution >= 0.6 is 0 Å². The van der Waals surface area contributed by atoms with Gasteiger partial charge in [0, 0.05) is 6.54 Å². The van der Waals surface area contributed by atoms with Crippen LogP contribution in [0.4, 0.5) is 0 Å². The number of aryl methyl sites for hydroxylation is 1. The molecule has 0 heterocycles. The standard InChI is InChI=1S/C11H17N3O/c1-8-4-3-5-10(6-8)7-13-9(2)11(12)14-15/h3-6,9,13,15H,7H2,1-2H3,(H2,12,14). The zero-order chi connectivity index (χ0) is 11.3. The van der Waals surface area contributed by atoms with Gasteiger partial charge in [-0.25, -0.2) is 0 Å². The number of nitrogens with one attached hydrogen (secondary N) is 1. The summed E-state index contributed by atoms with van der Waals surface area (Å²) in [7, 11) is 0. The SMILES string of the molecule is Cc1cccc(CNC(C)C(N)=NO)c1. The van der Waals surface area contributed by atoms with Crippen LogP contribution in [0, 0.1) is 6.92 Å². The van der Waals surface area contributed by atoms with E-state index in [1.807, 2.05) is 19.1 Å². The van der Waals surface area contributed by atoms with Crippen LogP contribution in [0.2, 0.25) is 0 Å². The van der Waals surface area contributed by atoms with E-state index >= 15 is 0 Å². The molecule has 0 aliphatic heterocycles. The Balaban J connectivity index is 2.50. The molecule has 0 aromatic heterocycles. The average molecular weight is 207 g/mol. The Morgan fingerprint density at radius 3 is 2.93 bits per heavy atom. The summed E-state index contributed by atoms with van der Waals surface area (Å²) in [5.74, 6) is 0.197. The maximum atomic E-state index is 8.47. The van der Waals surface area contributed by atoms with Crippen molar-refractivity contribution in [3.8, 4) is 0 Å². The molecule has 15 heavy (non-hydrogen) atoms. The zero-order valence-electron chi connectivity index (χ0n) is 9.07. The van der Waals surface area contributed by atoms with Crippen LogP contribution in [0.25, 0.3) is 0 Å². The first-order valence-electron chi connectivity index (χ1n) is 4.90. The van der Waals surface area contributed by atoms with Gasteiger partial charge in [0.25, 0.3) is 0 Å². The fourth-order valence-electron chi connectivity index (χ4n) is 1.28. The number of hydrogen-bond acceptors (Lipinski definition) is 3. The number of hydrogen-bond donors (Lipinski definition) is 3. The number of nitrogens with two attached hydrogens (primary N) is 1. The lowest BCUT2D eigenvalue weighted by Gasteiger charge is -2.12. The number of nitrogens with zero attached hydrogens (tertiary/aromatic N) is 1. The Hall–Kier alpha value is -1.55. The minimum atomic E-state index is -0.129. The van der Waals surface area contributed by atoms with Crippen LogP contribution in [0.15, 0.2) is 29.4 Å². The summed E-state index contributed by atoms with van der Waals surface area (Å²) in [6.45, 7) is 4.61. The van der Waals surface area contributed by atoms with E-state index in [0.29, 0.717) is 6.54 Å². The predicted octanol–water partition coefficient (Wildman–Crippen LogP) is 1.22. The monoisotopic (exact) mass is 207 g/mol. The van der Waals surface area contributed by atoms with Crippen molar-refractivity contribution in [1.82, 2.24) is 5.32 Å². The van der Waals surface area contributed by atoms with E-state index in [0.717, 1.165) is 0 Å². The molecule has 1 aromatic rings. The molecule has 0 fully saturated rings. The number of oxime groups is 1. The highest BCUT2D eigenvalue weighted by Gasteiger charge is 2.05. The molecule has 4 heteroatoms. The highest BCUT2D eigenvalue weighted by molar-refractivity contribution is 5.84. The van der Waals surface area contributed by atoms with E-state index in [-0.39, 0.29) is 11.9 Å². The van der Waals surface area contributed by atoms with Gasteiger partial charge >= 0.3 is 0 Å². The molecule has 0 saturated heterocycles. The molecule has 0 spiro atoms. The fourth-order valence-corrected chi connectivity index (χ4v) is 1.28. The molecule has 1 atom stereocenters. The van der Waals surface area contributed by atoms with Crippen molar-refractivity contribution in [3.05, 3.63) is 35.4 Å². The van der Waals surface area contributed by atoms with Gasteiger partial charge in [0.05, 0.1) is 6.04 Å². The van der Waals surface area contributed by atoms with Crippen molar-refractivity contribution < 1.29 is 5.21 Å². The third-order valence-corrected chi connectivity index (χ3v) is 2.25. The molecular formula is C11H17N3O. The quantitative estimate of drug-likeness (QED) is 0.301. The second-order valence-corrected chi connectivity index (χ2v) is 3.62. The molecule has 0 amide bonds. The van der Waals surface area contributed by atoms with E-state index in [4.69, 9.17) is 10.9 Å². The first-order chi connectivity index (χ1) is 7.13. The molecule has 1 rings (SSSR count). The smallest absolute Gasteiger partial charge is 0.156 e. The molecule has 1 unspecified atom stereocenters. The molecule has 0 saturated carbocycles. The lowest BCUT2D eigenvalue weighted by molar-refractivity contribution is 0.315. The molecule has 4 nitrogen and oxygen atoms in total. The maximum Gasteiger partial charge on any atom is 0.156 e. The average Bonchev–Trinajstić information content (AvgIpc) is 2.25. The number of amidine groups is 1. The molecule has 0 radical (unpaired) electrons. The van der Waals surface area contributed by atoms with Crippen LogP contribution in [-0.2, 0) is 6.54 Å². The summed E-state index contributed by atoms with van der Waals surface area (Å²) < 4.78 is 0. The summed E-state index contributed by atoms with van der Waals surface area (Å²) in [4.78, 5) is 0. The summed E-state index contributed by atoms with van der Waals surface area (Å²) in [6, 6.07) is 8.08. The molecule has 0 bridgehead atoms. The van der Waals surface area contributed by atoms with Gasteiger partial charge in [-0.3, -0.25) is 0 Å². The Bertz CT molecular complexity index is 349. The lowest BCUT2D eigenvalue weighted by Crippen LogP contribution is -2.38. The Morgan fingerprint density at radius 1 is 1.60 bits per heavy atom. The van der Waals surface area contributed by atoms with E-state index in [9.17, 15) is 0 Å². The molecule has 82 valence electrons. The van der Waals surface area contributed by atoms with Crippen LogP contribution in [0.5, 0.6) is 0 Å². The van der Waals surface area contributed by atoms with E-state index in [2.05, 4.69) is 29.5 Å². The third kappa shape index (κ3) is 3.59. The molecule has 1 aromatic carbocycles. The topological polar surface area (TPSA) is 70.6 Å². The highest BCUT2D eigenvalue weighted by atomic mass is 16.4. The third-order valence-electron chi connectivity index (χ3n) is 2.25. The van der Waals surface area contributed by atoms with Gasteiger partial charge in [0.15, 0.2) is 5.84 Å². The summed E-state index contributed by atoms with van der Waals surface area (Å²) in [5.41, 5.74) is 7.86. The first kappa shape index (κ1) is 11.5. The second kappa shape index (κ2) is 5.36. The van der Waals surface area contributed by atoms with Crippen molar-refractivity contribution in [2.75, 3.05) is 0 Å². The Morgan fingerprint density at radius 2 is 2.33 bits per heavy atom. The van der Waals surface area contributed by atoms with Gasteiger partial charge in [-0.2, -0.15) is 0 Å². The van der Waals surface area contributed by atoms with Crippen LogP contribution < -0.4 is 11.1 Å². The van der Waals surface area contributed by atoms with Gasteiger partial charge < -0.3 is 16.3 Å². The Labute approximate surface area is 89.8 Å². The molecule has 4 N–H and O–H groups in total. The van der Waals surface area contributed by atoms with Crippen molar-refractivity contribution in [1.29, 1.82) is 0 Å². The van der Waals surface area contributed by atoms with Crippen molar-refractivity contribution in [3.63, 3.8) is 0 Å². The summed E-state index contributed by atoms with van der Waals surface area (Å²) in [5, 5.41) is 14.6. The van der Waals surface area contributed by atoms with Crippen molar-refractivity contribution >= 4 is 5.84 Å². The fraction of sp³-hybridized carbons (Fsp3) is 0.364.